The molecule has 0 saturated carbocycles. The molecular formula is C41H25N5O. The summed E-state index contributed by atoms with van der Waals surface area (Å²) in [6, 6.07) is 42.2. The van der Waals surface area contributed by atoms with E-state index in [0.29, 0.717) is 0 Å². The van der Waals surface area contributed by atoms with Crippen LogP contribution in [0.4, 0.5) is 0 Å². The van der Waals surface area contributed by atoms with Crippen LogP contribution in [0, 0.1) is 0 Å². The van der Waals surface area contributed by atoms with Crippen molar-refractivity contribution in [3.63, 3.8) is 0 Å². The van der Waals surface area contributed by atoms with Gasteiger partial charge in [-0.2, -0.15) is 0 Å². The number of hydrogen-bond donors (Lipinski definition) is 0. The highest BCUT2D eigenvalue weighted by Crippen LogP contribution is 2.38. The number of ether oxygens (including phenoxy) is 1. The topological polar surface area (TPSA) is 56.7 Å². The van der Waals surface area contributed by atoms with Crippen molar-refractivity contribution in [1.82, 2.24) is 23.8 Å². The maximum absolute atomic E-state index is 6.58. The maximum atomic E-state index is 6.58. The van der Waals surface area contributed by atoms with Crippen molar-refractivity contribution < 1.29 is 4.74 Å². The van der Waals surface area contributed by atoms with E-state index in [1.54, 1.807) is 0 Å². The summed E-state index contributed by atoms with van der Waals surface area (Å²) >= 11 is 0. The molecule has 47 heavy (non-hydrogen) atoms. The molecule has 0 atom stereocenters. The smallest absolute Gasteiger partial charge is 0.145 e. The van der Waals surface area contributed by atoms with Crippen molar-refractivity contribution in [2.75, 3.05) is 0 Å². The molecule has 0 aliphatic carbocycles. The van der Waals surface area contributed by atoms with Gasteiger partial charge in [0.1, 0.15) is 22.8 Å². The first-order valence-corrected chi connectivity index (χ1v) is 15.6. The van der Waals surface area contributed by atoms with E-state index in [-0.39, 0.29) is 0 Å². The molecule has 10 aromatic rings. The van der Waals surface area contributed by atoms with E-state index in [2.05, 4.69) is 116 Å². The molecule has 0 aliphatic rings. The standard InChI is InChI=1S/C41H25N5O/c1-3-7-26(8-4-1)28-11-14-33-31-15-12-30(23-36(31)41-44-25-38(46(41)37(33)21-28)27-9-5-2-6-10-27)47-29-13-16-32-34-17-18-42-24-39(34)45-20-19-43-40(45)35(32)22-29/h1-25H. The Kier molecular flexibility index (Phi) is 5.48. The molecule has 0 fully saturated rings. The summed E-state index contributed by atoms with van der Waals surface area (Å²) in [5, 5.41) is 6.57. The van der Waals surface area contributed by atoms with E-state index in [4.69, 9.17) is 9.72 Å². The molecule has 6 heteroatoms. The van der Waals surface area contributed by atoms with Crippen LogP contribution < -0.4 is 4.74 Å². The quantitative estimate of drug-likeness (QED) is 0.188. The third-order valence-corrected chi connectivity index (χ3v) is 9.16. The molecule has 0 N–H and O–H groups in total. The zero-order chi connectivity index (χ0) is 30.9. The lowest BCUT2D eigenvalue weighted by molar-refractivity contribution is 0.484. The molecule has 5 aromatic carbocycles. The zero-order valence-corrected chi connectivity index (χ0v) is 25.1. The first kappa shape index (κ1) is 25.8. The molecule has 0 saturated heterocycles. The summed E-state index contributed by atoms with van der Waals surface area (Å²) in [5.41, 5.74) is 8.40. The van der Waals surface area contributed by atoms with E-state index in [1.807, 2.05) is 55.2 Å². The van der Waals surface area contributed by atoms with Gasteiger partial charge in [-0.25, -0.2) is 9.97 Å². The van der Waals surface area contributed by atoms with Gasteiger partial charge in [0, 0.05) is 45.7 Å². The number of imidazole rings is 2. The van der Waals surface area contributed by atoms with Crippen LogP contribution in [0.5, 0.6) is 11.5 Å². The molecule has 220 valence electrons. The van der Waals surface area contributed by atoms with E-state index >= 15 is 0 Å². The first-order valence-electron chi connectivity index (χ1n) is 15.6. The second-order valence-corrected chi connectivity index (χ2v) is 11.8. The molecule has 5 aromatic heterocycles. The maximum Gasteiger partial charge on any atom is 0.145 e. The third kappa shape index (κ3) is 3.95. The summed E-state index contributed by atoms with van der Waals surface area (Å²) in [4.78, 5) is 14.0. The summed E-state index contributed by atoms with van der Waals surface area (Å²) in [6.07, 6.45) is 9.49. The van der Waals surface area contributed by atoms with Gasteiger partial charge in [-0.05, 0) is 70.4 Å². The molecule has 5 heterocycles. The van der Waals surface area contributed by atoms with E-state index in [1.165, 1.54) is 11.1 Å². The van der Waals surface area contributed by atoms with Crippen LogP contribution in [-0.4, -0.2) is 23.8 Å². The van der Waals surface area contributed by atoms with Crippen LogP contribution in [0.25, 0.3) is 77.0 Å². The van der Waals surface area contributed by atoms with Gasteiger partial charge in [-0.15, -0.1) is 0 Å². The van der Waals surface area contributed by atoms with E-state index < -0.39 is 0 Å². The predicted molar refractivity (Wildman–Crippen MR) is 189 cm³/mol. The molecule has 10 rings (SSSR count). The Morgan fingerprint density at radius 3 is 1.91 bits per heavy atom. The van der Waals surface area contributed by atoms with Crippen molar-refractivity contribution in [3.05, 3.63) is 152 Å². The van der Waals surface area contributed by atoms with Crippen LogP contribution in [0.3, 0.4) is 0 Å². The molecule has 0 unspecified atom stereocenters. The fourth-order valence-electron chi connectivity index (χ4n) is 7.01. The van der Waals surface area contributed by atoms with Gasteiger partial charge < -0.3 is 4.74 Å². The normalized spacial score (nSPS) is 11.8. The fourth-order valence-corrected chi connectivity index (χ4v) is 7.01. The Morgan fingerprint density at radius 2 is 1.15 bits per heavy atom. The Hall–Kier alpha value is -6.53. The van der Waals surface area contributed by atoms with Gasteiger partial charge in [0.05, 0.1) is 29.1 Å². The molecule has 0 spiro atoms. The van der Waals surface area contributed by atoms with Crippen LogP contribution in [-0.2, 0) is 0 Å². The number of pyridine rings is 3. The summed E-state index contributed by atoms with van der Waals surface area (Å²) in [5.74, 6) is 1.49. The average Bonchev–Trinajstić information content (AvgIpc) is 3.82. The minimum atomic E-state index is 0.743. The van der Waals surface area contributed by atoms with Gasteiger partial charge in [-0.3, -0.25) is 13.8 Å². The fraction of sp³-hybridized carbons (Fsp3) is 0. The van der Waals surface area contributed by atoms with Crippen molar-refractivity contribution in [2.24, 2.45) is 0 Å². The van der Waals surface area contributed by atoms with Gasteiger partial charge in [0.25, 0.3) is 0 Å². The lowest BCUT2D eigenvalue weighted by atomic mass is 10.00. The Balaban J connectivity index is 1.16. The van der Waals surface area contributed by atoms with Gasteiger partial charge >= 0.3 is 0 Å². The van der Waals surface area contributed by atoms with E-state index in [9.17, 15) is 0 Å². The van der Waals surface area contributed by atoms with Crippen LogP contribution in [0.15, 0.2) is 152 Å². The second kappa shape index (κ2) is 9.99. The third-order valence-electron chi connectivity index (χ3n) is 9.16. The lowest BCUT2D eigenvalue weighted by Gasteiger charge is -2.14. The van der Waals surface area contributed by atoms with Crippen LogP contribution in [0.2, 0.25) is 0 Å². The monoisotopic (exact) mass is 603 g/mol. The summed E-state index contributed by atoms with van der Waals surface area (Å²) in [6.45, 7) is 0. The lowest BCUT2D eigenvalue weighted by Crippen LogP contribution is -1.95. The van der Waals surface area contributed by atoms with Crippen molar-refractivity contribution in [3.8, 4) is 33.9 Å². The van der Waals surface area contributed by atoms with Gasteiger partial charge in [0.15, 0.2) is 0 Å². The average molecular weight is 604 g/mol. The van der Waals surface area contributed by atoms with Crippen molar-refractivity contribution >= 4 is 54.6 Å². The Bertz CT molecular complexity index is 2820. The van der Waals surface area contributed by atoms with Crippen LogP contribution in [0.1, 0.15) is 0 Å². The molecule has 0 aliphatic heterocycles. The Morgan fingerprint density at radius 1 is 0.468 bits per heavy atom. The molecule has 6 nitrogen and oxygen atoms in total. The van der Waals surface area contributed by atoms with E-state index in [0.717, 1.165) is 77.4 Å². The molecule has 0 radical (unpaired) electrons. The number of benzene rings is 5. The number of fused-ring (bicyclic) bond motifs is 12. The van der Waals surface area contributed by atoms with Crippen LogP contribution >= 0.6 is 0 Å². The molecule has 0 bridgehead atoms. The number of hydrogen-bond acceptors (Lipinski definition) is 4. The SMILES string of the molecule is c1ccc(-c2ccc3c4ccc(Oc5ccc6c7ccncc7n7ccnc7c6c5)cc4c4ncc(-c5ccccc5)n4c3c2)cc1. The highest BCUT2D eigenvalue weighted by atomic mass is 16.5. The highest BCUT2D eigenvalue weighted by Gasteiger charge is 2.17. The summed E-state index contributed by atoms with van der Waals surface area (Å²) in [7, 11) is 0. The van der Waals surface area contributed by atoms with Crippen molar-refractivity contribution in [2.45, 2.75) is 0 Å². The first-order chi connectivity index (χ1) is 23.3. The minimum absolute atomic E-state index is 0.743. The van der Waals surface area contributed by atoms with Gasteiger partial charge in [0.2, 0.25) is 0 Å². The molecule has 0 amide bonds. The predicted octanol–water partition coefficient (Wildman–Crippen LogP) is 10.1. The Labute approximate surface area is 268 Å². The number of aromatic nitrogens is 5. The highest BCUT2D eigenvalue weighted by molar-refractivity contribution is 6.14. The number of nitrogens with zero attached hydrogens (tertiary/aromatic N) is 5. The largest absolute Gasteiger partial charge is 0.457 e. The number of rotatable bonds is 4. The molecular weight excluding hydrogens is 578 g/mol. The van der Waals surface area contributed by atoms with Crippen molar-refractivity contribution in [1.29, 1.82) is 0 Å². The summed E-state index contributed by atoms with van der Waals surface area (Å²) < 4.78 is 10.9. The second-order valence-electron chi connectivity index (χ2n) is 11.8. The van der Waals surface area contributed by atoms with Gasteiger partial charge in [-0.1, -0.05) is 72.8 Å². The minimum Gasteiger partial charge on any atom is -0.457 e. The zero-order valence-electron chi connectivity index (χ0n) is 25.1.